The summed E-state index contributed by atoms with van der Waals surface area (Å²) in [6.07, 6.45) is 3.68. The first-order valence-corrected chi connectivity index (χ1v) is 8.37. The molecule has 1 aliphatic rings. The van der Waals surface area contributed by atoms with E-state index in [1.54, 1.807) is 11.8 Å². The number of thioether (sulfide) groups is 1. The smallest absolute Gasteiger partial charge is 0.315 e. The Balaban J connectivity index is 2.53. The van der Waals surface area contributed by atoms with Crippen molar-refractivity contribution in [2.24, 2.45) is 11.3 Å². The molecule has 0 aliphatic heterocycles. The number of rotatable bonds is 5. The normalized spacial score (nSPS) is 28.2. The molecule has 3 unspecified atom stereocenters. The zero-order chi connectivity index (χ0) is 14.5. The van der Waals surface area contributed by atoms with Crippen molar-refractivity contribution in [1.29, 1.82) is 0 Å². The molecule has 1 N–H and O–H groups in total. The summed E-state index contributed by atoms with van der Waals surface area (Å²) in [6, 6.07) is 0.526. The zero-order valence-corrected chi connectivity index (χ0v) is 13.8. The van der Waals surface area contributed by atoms with Crippen molar-refractivity contribution in [1.82, 2.24) is 5.32 Å². The molecule has 4 heteroatoms. The van der Waals surface area contributed by atoms with Gasteiger partial charge in [-0.1, -0.05) is 20.8 Å². The van der Waals surface area contributed by atoms with E-state index in [4.69, 9.17) is 4.74 Å². The quantitative estimate of drug-likeness (QED) is 0.789. The van der Waals surface area contributed by atoms with E-state index in [-0.39, 0.29) is 5.97 Å². The molecule has 0 aromatic rings. The number of nitrogens with one attached hydrogen (secondary N) is 1. The summed E-state index contributed by atoms with van der Waals surface area (Å²) in [6.45, 7) is 9.30. The fourth-order valence-corrected chi connectivity index (χ4v) is 4.11. The molecule has 19 heavy (non-hydrogen) atoms. The highest BCUT2D eigenvalue weighted by molar-refractivity contribution is 8.00. The molecule has 0 spiro atoms. The van der Waals surface area contributed by atoms with Crippen LogP contribution in [0, 0.1) is 11.3 Å². The van der Waals surface area contributed by atoms with E-state index >= 15 is 0 Å². The number of hydrogen-bond donors (Lipinski definition) is 1. The first-order valence-electron chi connectivity index (χ1n) is 7.33. The Morgan fingerprint density at radius 1 is 1.37 bits per heavy atom. The molecular formula is C15H29NO2S. The molecule has 0 saturated heterocycles. The molecular weight excluding hydrogens is 258 g/mol. The zero-order valence-electron chi connectivity index (χ0n) is 13.0. The molecule has 0 heterocycles. The largest absolute Gasteiger partial charge is 0.465 e. The molecule has 3 nitrogen and oxygen atoms in total. The van der Waals surface area contributed by atoms with Gasteiger partial charge in [-0.15, -0.1) is 11.8 Å². The standard InChI is InChI=1S/C15H29NO2S/c1-6-18-14(17)10-19-13-9-11(15(2,3)4)7-8-12(13)16-5/h11-13,16H,6-10H2,1-5H3. The highest BCUT2D eigenvalue weighted by Crippen LogP contribution is 2.41. The fraction of sp³-hybridized carbons (Fsp3) is 0.933. The van der Waals surface area contributed by atoms with E-state index in [2.05, 4.69) is 26.1 Å². The summed E-state index contributed by atoms with van der Waals surface area (Å²) < 4.78 is 5.02. The van der Waals surface area contributed by atoms with Crippen molar-refractivity contribution in [3.8, 4) is 0 Å². The van der Waals surface area contributed by atoms with Gasteiger partial charge < -0.3 is 10.1 Å². The molecule has 1 saturated carbocycles. The SMILES string of the molecule is CCOC(=O)CSC1CC(C(C)(C)C)CCC1NC. The van der Waals surface area contributed by atoms with Crippen LogP contribution in [0.15, 0.2) is 0 Å². The van der Waals surface area contributed by atoms with Crippen LogP contribution < -0.4 is 5.32 Å². The molecule has 112 valence electrons. The van der Waals surface area contributed by atoms with E-state index in [0.717, 1.165) is 5.92 Å². The summed E-state index contributed by atoms with van der Waals surface area (Å²) in [7, 11) is 2.03. The van der Waals surface area contributed by atoms with Gasteiger partial charge in [0.2, 0.25) is 0 Å². The maximum Gasteiger partial charge on any atom is 0.315 e. The Hall–Kier alpha value is -0.220. The Labute approximate surface area is 122 Å². The van der Waals surface area contributed by atoms with Gasteiger partial charge in [-0.3, -0.25) is 4.79 Å². The van der Waals surface area contributed by atoms with Crippen LogP contribution in [0.4, 0.5) is 0 Å². The van der Waals surface area contributed by atoms with Crippen LogP contribution in [0.2, 0.25) is 0 Å². The third-order valence-electron chi connectivity index (χ3n) is 4.11. The number of ether oxygens (including phenoxy) is 1. The van der Waals surface area contributed by atoms with Crippen LogP contribution >= 0.6 is 11.8 Å². The fourth-order valence-electron chi connectivity index (χ4n) is 2.81. The maximum absolute atomic E-state index is 11.5. The third-order valence-corrected chi connectivity index (χ3v) is 5.46. The Kier molecular flexibility index (Phi) is 6.67. The molecule has 3 atom stereocenters. The first kappa shape index (κ1) is 16.8. The number of carbonyl (C=O) groups excluding carboxylic acids is 1. The Bertz CT molecular complexity index is 288. The average Bonchev–Trinajstić information content (AvgIpc) is 2.35. The predicted octanol–water partition coefficient (Wildman–Crippen LogP) is 3.09. The lowest BCUT2D eigenvalue weighted by molar-refractivity contribution is -0.139. The van der Waals surface area contributed by atoms with Crippen LogP contribution in [-0.4, -0.2) is 36.7 Å². The van der Waals surface area contributed by atoms with E-state index in [0.29, 0.717) is 29.1 Å². The second-order valence-electron chi connectivity index (χ2n) is 6.43. The Morgan fingerprint density at radius 2 is 2.05 bits per heavy atom. The summed E-state index contributed by atoms with van der Waals surface area (Å²) >= 11 is 1.76. The summed E-state index contributed by atoms with van der Waals surface area (Å²) in [5.74, 6) is 1.14. The topological polar surface area (TPSA) is 38.3 Å². The third kappa shape index (κ3) is 5.35. The van der Waals surface area contributed by atoms with Gasteiger partial charge in [0.1, 0.15) is 0 Å². The second kappa shape index (κ2) is 7.53. The molecule has 0 bridgehead atoms. The van der Waals surface area contributed by atoms with Gasteiger partial charge in [-0.05, 0) is 44.6 Å². The van der Waals surface area contributed by atoms with Gasteiger partial charge in [-0.2, -0.15) is 0 Å². The minimum Gasteiger partial charge on any atom is -0.465 e. The van der Waals surface area contributed by atoms with Gasteiger partial charge in [0.05, 0.1) is 12.4 Å². The second-order valence-corrected chi connectivity index (χ2v) is 7.65. The van der Waals surface area contributed by atoms with Crippen LogP contribution in [0.1, 0.15) is 47.0 Å². The number of hydrogen-bond acceptors (Lipinski definition) is 4. The van der Waals surface area contributed by atoms with Crippen LogP contribution in [0.3, 0.4) is 0 Å². The summed E-state index contributed by atoms with van der Waals surface area (Å²) in [5, 5.41) is 3.93. The molecule has 0 radical (unpaired) electrons. The average molecular weight is 287 g/mol. The van der Waals surface area contributed by atoms with Crippen molar-refractivity contribution in [3.05, 3.63) is 0 Å². The van der Waals surface area contributed by atoms with Crippen LogP contribution in [0.25, 0.3) is 0 Å². The molecule has 1 aliphatic carbocycles. The lowest BCUT2D eigenvalue weighted by atomic mass is 9.71. The van der Waals surface area contributed by atoms with E-state index < -0.39 is 0 Å². The summed E-state index contributed by atoms with van der Waals surface area (Å²) in [4.78, 5) is 11.5. The lowest BCUT2D eigenvalue weighted by Gasteiger charge is -2.41. The van der Waals surface area contributed by atoms with E-state index in [9.17, 15) is 4.79 Å². The van der Waals surface area contributed by atoms with Crippen LogP contribution in [0.5, 0.6) is 0 Å². The minimum absolute atomic E-state index is 0.0831. The van der Waals surface area contributed by atoms with E-state index in [1.165, 1.54) is 19.3 Å². The maximum atomic E-state index is 11.5. The van der Waals surface area contributed by atoms with Crippen molar-refractivity contribution < 1.29 is 9.53 Å². The number of carbonyl (C=O) groups is 1. The Morgan fingerprint density at radius 3 is 2.58 bits per heavy atom. The van der Waals surface area contributed by atoms with Crippen molar-refractivity contribution in [3.63, 3.8) is 0 Å². The molecule has 0 amide bonds. The van der Waals surface area contributed by atoms with Crippen molar-refractivity contribution in [2.45, 2.75) is 58.2 Å². The molecule has 1 fully saturated rings. The van der Waals surface area contributed by atoms with Gasteiger partial charge in [0.25, 0.3) is 0 Å². The lowest BCUT2D eigenvalue weighted by Crippen LogP contribution is -2.43. The predicted molar refractivity (Wildman–Crippen MR) is 82.5 cm³/mol. The summed E-state index contributed by atoms with van der Waals surface area (Å²) in [5.41, 5.74) is 0.363. The molecule has 1 rings (SSSR count). The van der Waals surface area contributed by atoms with E-state index in [1.807, 2.05) is 14.0 Å². The van der Waals surface area contributed by atoms with Crippen molar-refractivity contribution >= 4 is 17.7 Å². The molecule has 0 aromatic heterocycles. The molecule has 0 aromatic carbocycles. The highest BCUT2D eigenvalue weighted by Gasteiger charge is 2.35. The van der Waals surface area contributed by atoms with Gasteiger partial charge in [-0.25, -0.2) is 0 Å². The number of esters is 1. The highest BCUT2D eigenvalue weighted by atomic mass is 32.2. The van der Waals surface area contributed by atoms with Crippen molar-refractivity contribution in [2.75, 3.05) is 19.4 Å². The monoisotopic (exact) mass is 287 g/mol. The van der Waals surface area contributed by atoms with Gasteiger partial charge in [0, 0.05) is 11.3 Å². The van der Waals surface area contributed by atoms with Gasteiger partial charge in [0.15, 0.2) is 0 Å². The van der Waals surface area contributed by atoms with Gasteiger partial charge >= 0.3 is 5.97 Å². The minimum atomic E-state index is -0.0831. The first-order chi connectivity index (χ1) is 8.88. The van der Waals surface area contributed by atoms with Crippen LogP contribution in [-0.2, 0) is 9.53 Å².